The smallest absolute Gasteiger partial charge is 0.300 e. The minimum absolute atomic E-state index is 0.0524. The van der Waals surface area contributed by atoms with Crippen molar-refractivity contribution in [3.63, 3.8) is 0 Å². The highest BCUT2D eigenvalue weighted by Gasteiger charge is 2.47. The third-order valence-corrected chi connectivity index (χ3v) is 6.85. The molecule has 3 aromatic carbocycles. The van der Waals surface area contributed by atoms with Crippen LogP contribution in [0.5, 0.6) is 5.75 Å². The second-order valence-electron chi connectivity index (χ2n) is 9.82. The molecule has 1 amide bonds. The van der Waals surface area contributed by atoms with Gasteiger partial charge in [-0.1, -0.05) is 74.3 Å². The van der Waals surface area contributed by atoms with Crippen LogP contribution in [-0.2, 0) is 15.0 Å². The van der Waals surface area contributed by atoms with E-state index in [1.807, 2.05) is 31.2 Å². The number of hydrogen-bond donors (Lipinski definition) is 1. The second-order valence-corrected chi connectivity index (χ2v) is 10.7. The van der Waals surface area contributed by atoms with Gasteiger partial charge in [0, 0.05) is 15.7 Å². The normalized spacial score (nSPS) is 17.5. The Kier molecular flexibility index (Phi) is 6.91. The predicted molar refractivity (Wildman–Crippen MR) is 144 cm³/mol. The lowest BCUT2D eigenvalue weighted by Crippen LogP contribution is -2.30. The fourth-order valence-electron chi connectivity index (χ4n) is 4.41. The third kappa shape index (κ3) is 4.61. The molecule has 0 saturated carbocycles. The first-order valence-electron chi connectivity index (χ1n) is 11.5. The molecule has 1 unspecified atom stereocenters. The van der Waals surface area contributed by atoms with Crippen molar-refractivity contribution in [2.24, 2.45) is 0 Å². The van der Waals surface area contributed by atoms with Gasteiger partial charge < -0.3 is 9.84 Å². The van der Waals surface area contributed by atoms with Crippen LogP contribution in [0.2, 0.25) is 10.0 Å². The number of carbonyl (C=O) groups is 2. The Morgan fingerprint density at radius 1 is 0.944 bits per heavy atom. The summed E-state index contributed by atoms with van der Waals surface area (Å²) in [6, 6.07) is 16.7. The summed E-state index contributed by atoms with van der Waals surface area (Å²) in [5.41, 5.74) is 3.11. The van der Waals surface area contributed by atoms with Gasteiger partial charge in [0.2, 0.25) is 0 Å². The molecule has 5 nitrogen and oxygen atoms in total. The average Bonchev–Trinajstić information content (AvgIpc) is 3.10. The first-order chi connectivity index (χ1) is 16.9. The zero-order valence-corrected chi connectivity index (χ0v) is 22.2. The Hall–Kier alpha value is -3.28. The number of aliphatic hydroxyl groups is 1. The van der Waals surface area contributed by atoms with Crippen LogP contribution < -0.4 is 9.64 Å². The summed E-state index contributed by atoms with van der Waals surface area (Å²) < 4.78 is 5.40. The second kappa shape index (κ2) is 9.64. The Labute approximate surface area is 220 Å². The lowest BCUT2D eigenvalue weighted by Gasteiger charge is -2.28. The molecule has 1 aliphatic heterocycles. The van der Waals surface area contributed by atoms with E-state index in [9.17, 15) is 14.7 Å². The monoisotopic (exact) mass is 523 g/mol. The number of amides is 1. The maximum Gasteiger partial charge on any atom is 0.300 e. The quantitative estimate of drug-likeness (QED) is 0.222. The maximum atomic E-state index is 13.5. The van der Waals surface area contributed by atoms with Crippen LogP contribution >= 0.6 is 23.2 Å². The molecule has 7 heteroatoms. The molecule has 36 heavy (non-hydrogen) atoms. The predicted octanol–water partition coefficient (Wildman–Crippen LogP) is 7.23. The molecule has 0 radical (unpaired) electrons. The van der Waals surface area contributed by atoms with E-state index in [0.717, 1.165) is 11.1 Å². The van der Waals surface area contributed by atoms with E-state index in [1.165, 1.54) is 18.1 Å². The zero-order valence-electron chi connectivity index (χ0n) is 20.7. The number of hydrogen-bond acceptors (Lipinski definition) is 4. The van der Waals surface area contributed by atoms with Crippen molar-refractivity contribution in [2.75, 3.05) is 12.0 Å². The number of aliphatic hydroxyl groups excluding tert-OH is 1. The molecule has 186 valence electrons. The molecule has 3 aromatic rings. The summed E-state index contributed by atoms with van der Waals surface area (Å²) in [6.07, 6.45) is 0. The highest BCUT2D eigenvalue weighted by atomic mass is 35.5. The summed E-state index contributed by atoms with van der Waals surface area (Å²) in [5.74, 6) is -1.60. The number of ether oxygens (including phenoxy) is 1. The lowest BCUT2D eigenvalue weighted by atomic mass is 9.85. The molecule has 1 aliphatic rings. The number of ketones is 1. The van der Waals surface area contributed by atoms with Gasteiger partial charge in [0.1, 0.15) is 11.5 Å². The van der Waals surface area contributed by atoms with Gasteiger partial charge in [0.15, 0.2) is 0 Å². The number of anilines is 1. The van der Waals surface area contributed by atoms with Crippen LogP contribution in [-0.4, -0.2) is 23.9 Å². The van der Waals surface area contributed by atoms with Crippen LogP contribution in [0, 0.1) is 6.92 Å². The van der Waals surface area contributed by atoms with E-state index >= 15 is 0 Å². The number of rotatable bonds is 4. The number of methoxy groups -OCH3 is 1. The fraction of sp³-hybridized carbons (Fsp3) is 0.241. The van der Waals surface area contributed by atoms with Crippen molar-refractivity contribution in [2.45, 2.75) is 39.2 Å². The SMILES string of the molecule is COc1ccc(Cl)cc1/C(O)=C1\C(=O)C(=O)N(c2cc(Cl)ccc2C)C1c1ccc(C(C)(C)C)cc1. The van der Waals surface area contributed by atoms with Gasteiger partial charge in [0.25, 0.3) is 11.7 Å². The Balaban J connectivity index is 2.00. The van der Waals surface area contributed by atoms with Crippen LogP contribution in [0.15, 0.2) is 66.2 Å². The molecule has 1 fully saturated rings. The number of benzene rings is 3. The molecular weight excluding hydrogens is 497 g/mol. The molecule has 0 bridgehead atoms. The first-order valence-corrected chi connectivity index (χ1v) is 12.2. The Morgan fingerprint density at radius 2 is 1.56 bits per heavy atom. The van der Waals surface area contributed by atoms with E-state index in [0.29, 0.717) is 27.0 Å². The van der Waals surface area contributed by atoms with Crippen LogP contribution in [0.1, 0.15) is 49.1 Å². The highest BCUT2D eigenvalue weighted by Crippen LogP contribution is 2.45. The summed E-state index contributed by atoms with van der Waals surface area (Å²) in [6.45, 7) is 8.16. The standard InChI is InChI=1S/C29H27Cl2NO4/c1-16-6-11-20(31)15-22(16)32-25(17-7-9-18(10-8-17)29(2,3)4)24(27(34)28(32)35)26(33)21-14-19(30)12-13-23(21)36-5/h6-15,25,33H,1-5H3/b26-24+. The summed E-state index contributed by atoms with van der Waals surface area (Å²) in [7, 11) is 1.46. The Bertz CT molecular complexity index is 1390. The zero-order chi connectivity index (χ0) is 26.4. The van der Waals surface area contributed by atoms with Crippen molar-refractivity contribution < 1.29 is 19.4 Å². The molecule has 1 saturated heterocycles. The molecule has 0 spiro atoms. The van der Waals surface area contributed by atoms with E-state index < -0.39 is 17.7 Å². The van der Waals surface area contributed by atoms with Gasteiger partial charge in [-0.15, -0.1) is 0 Å². The van der Waals surface area contributed by atoms with Crippen LogP contribution in [0.25, 0.3) is 5.76 Å². The van der Waals surface area contributed by atoms with Crippen LogP contribution in [0.4, 0.5) is 5.69 Å². The van der Waals surface area contributed by atoms with Gasteiger partial charge in [0.05, 0.1) is 24.3 Å². The van der Waals surface area contributed by atoms with Crippen LogP contribution in [0.3, 0.4) is 0 Å². The minimum Gasteiger partial charge on any atom is -0.507 e. The number of halogens is 2. The molecule has 0 aliphatic carbocycles. The molecule has 1 N–H and O–H groups in total. The summed E-state index contributed by atoms with van der Waals surface area (Å²) >= 11 is 12.5. The molecule has 0 aromatic heterocycles. The average molecular weight is 524 g/mol. The Morgan fingerprint density at radius 3 is 2.17 bits per heavy atom. The van der Waals surface area contributed by atoms with E-state index in [1.54, 1.807) is 30.3 Å². The largest absolute Gasteiger partial charge is 0.507 e. The first kappa shape index (κ1) is 25.8. The van der Waals surface area contributed by atoms with Crippen molar-refractivity contribution in [3.05, 3.63) is 98.5 Å². The van der Waals surface area contributed by atoms with Gasteiger partial charge in [-0.25, -0.2) is 0 Å². The third-order valence-electron chi connectivity index (χ3n) is 6.38. The van der Waals surface area contributed by atoms with Gasteiger partial charge in [-0.3, -0.25) is 14.5 Å². The highest BCUT2D eigenvalue weighted by molar-refractivity contribution is 6.52. The number of aryl methyl sites for hydroxylation is 1. The van der Waals surface area contributed by atoms with E-state index in [-0.39, 0.29) is 22.3 Å². The molecule has 4 rings (SSSR count). The minimum atomic E-state index is -0.889. The maximum absolute atomic E-state index is 13.5. The molecule has 1 heterocycles. The van der Waals surface area contributed by atoms with Crippen molar-refractivity contribution in [3.8, 4) is 5.75 Å². The molecule has 1 atom stereocenters. The van der Waals surface area contributed by atoms with Crippen molar-refractivity contribution in [1.29, 1.82) is 0 Å². The summed E-state index contributed by atoms with van der Waals surface area (Å²) in [5, 5.41) is 12.2. The lowest BCUT2D eigenvalue weighted by molar-refractivity contribution is -0.132. The topological polar surface area (TPSA) is 66.8 Å². The van der Waals surface area contributed by atoms with Crippen molar-refractivity contribution >= 4 is 46.3 Å². The van der Waals surface area contributed by atoms with Gasteiger partial charge >= 0.3 is 0 Å². The number of Topliss-reactive ketones (excluding diaryl/α,β-unsaturated/α-hetero) is 1. The van der Waals surface area contributed by atoms with E-state index in [2.05, 4.69) is 20.8 Å². The number of nitrogens with zero attached hydrogens (tertiary/aromatic N) is 1. The summed E-state index contributed by atoms with van der Waals surface area (Å²) in [4.78, 5) is 28.4. The van der Waals surface area contributed by atoms with Crippen molar-refractivity contribution in [1.82, 2.24) is 0 Å². The number of carbonyl (C=O) groups excluding carboxylic acids is 2. The van der Waals surface area contributed by atoms with Gasteiger partial charge in [-0.05, 0) is 59.4 Å². The van der Waals surface area contributed by atoms with Gasteiger partial charge in [-0.2, -0.15) is 0 Å². The van der Waals surface area contributed by atoms with E-state index in [4.69, 9.17) is 27.9 Å². The fourth-order valence-corrected chi connectivity index (χ4v) is 4.75. The molecular formula is C29H27Cl2NO4.